The molecule has 2 aromatic rings. The molecule has 1 aromatic heterocycles. The van der Waals surface area contributed by atoms with Gasteiger partial charge in [-0.1, -0.05) is 51.7 Å². The van der Waals surface area contributed by atoms with Gasteiger partial charge in [-0.15, -0.1) is 0 Å². The van der Waals surface area contributed by atoms with Crippen LogP contribution in [0.2, 0.25) is 0 Å². The molecule has 20 heavy (non-hydrogen) atoms. The average molecular weight is 338 g/mol. The lowest BCUT2D eigenvalue weighted by molar-refractivity contribution is 0.403. The molecule has 0 aliphatic carbocycles. The van der Waals surface area contributed by atoms with Gasteiger partial charge in [-0.05, 0) is 41.0 Å². The first-order valence-corrected chi connectivity index (χ1v) is 8.46. The van der Waals surface area contributed by atoms with Gasteiger partial charge in [0.05, 0.1) is 10.5 Å². The SMILES string of the molecule is CCCCCCC(NCC)c1cc2cccc(Br)c2o1. The Morgan fingerprint density at radius 1 is 1.20 bits per heavy atom. The Hall–Kier alpha value is -0.800. The molecule has 1 N–H and O–H groups in total. The van der Waals surface area contributed by atoms with Crippen LogP contribution in [0.4, 0.5) is 0 Å². The highest BCUT2D eigenvalue weighted by Gasteiger charge is 2.16. The van der Waals surface area contributed by atoms with Crippen molar-refractivity contribution in [2.75, 3.05) is 6.54 Å². The van der Waals surface area contributed by atoms with Gasteiger partial charge >= 0.3 is 0 Å². The van der Waals surface area contributed by atoms with E-state index in [4.69, 9.17) is 4.42 Å². The zero-order valence-corrected chi connectivity index (χ0v) is 14.0. The van der Waals surface area contributed by atoms with E-state index < -0.39 is 0 Å². The minimum atomic E-state index is 0.330. The third kappa shape index (κ3) is 3.86. The van der Waals surface area contributed by atoms with E-state index in [9.17, 15) is 0 Å². The number of fused-ring (bicyclic) bond motifs is 1. The highest BCUT2D eigenvalue weighted by Crippen LogP contribution is 2.31. The molecule has 3 heteroatoms. The van der Waals surface area contributed by atoms with Gasteiger partial charge in [0.15, 0.2) is 0 Å². The minimum Gasteiger partial charge on any atom is -0.458 e. The highest BCUT2D eigenvalue weighted by molar-refractivity contribution is 9.10. The molecule has 0 amide bonds. The van der Waals surface area contributed by atoms with Crippen molar-refractivity contribution in [1.29, 1.82) is 0 Å². The molecule has 1 unspecified atom stereocenters. The van der Waals surface area contributed by atoms with E-state index in [1.54, 1.807) is 0 Å². The number of benzene rings is 1. The van der Waals surface area contributed by atoms with Gasteiger partial charge in [-0.2, -0.15) is 0 Å². The Bertz CT molecular complexity index is 535. The molecule has 1 aromatic carbocycles. The summed E-state index contributed by atoms with van der Waals surface area (Å²) >= 11 is 3.56. The first-order valence-electron chi connectivity index (χ1n) is 7.67. The summed E-state index contributed by atoms with van der Waals surface area (Å²) < 4.78 is 7.09. The highest BCUT2D eigenvalue weighted by atomic mass is 79.9. The molecule has 0 saturated heterocycles. The number of unbranched alkanes of at least 4 members (excludes halogenated alkanes) is 3. The van der Waals surface area contributed by atoms with Gasteiger partial charge in [-0.3, -0.25) is 0 Å². The number of rotatable bonds is 8. The van der Waals surface area contributed by atoms with E-state index in [-0.39, 0.29) is 0 Å². The summed E-state index contributed by atoms with van der Waals surface area (Å²) in [6, 6.07) is 8.69. The third-order valence-corrected chi connectivity index (χ3v) is 4.28. The number of furan rings is 1. The van der Waals surface area contributed by atoms with Crippen LogP contribution in [0.1, 0.15) is 57.8 Å². The number of halogens is 1. The molecule has 2 nitrogen and oxygen atoms in total. The average Bonchev–Trinajstić information content (AvgIpc) is 2.88. The third-order valence-electron chi connectivity index (χ3n) is 3.66. The number of nitrogens with one attached hydrogen (secondary N) is 1. The van der Waals surface area contributed by atoms with E-state index in [1.165, 1.54) is 31.1 Å². The molecular formula is C17H24BrNO. The summed E-state index contributed by atoms with van der Waals surface area (Å²) in [6.45, 7) is 5.37. The monoisotopic (exact) mass is 337 g/mol. The molecule has 0 radical (unpaired) electrons. The van der Waals surface area contributed by atoms with Crippen molar-refractivity contribution in [3.63, 3.8) is 0 Å². The molecule has 0 saturated carbocycles. The first kappa shape index (κ1) is 15.6. The topological polar surface area (TPSA) is 25.2 Å². The molecule has 0 aliphatic rings. The van der Waals surface area contributed by atoms with Gasteiger partial charge in [0.2, 0.25) is 0 Å². The molecule has 110 valence electrons. The van der Waals surface area contributed by atoms with Gasteiger partial charge in [0, 0.05) is 5.39 Å². The van der Waals surface area contributed by atoms with Crippen LogP contribution in [-0.2, 0) is 0 Å². The van der Waals surface area contributed by atoms with E-state index in [1.807, 2.05) is 6.07 Å². The molecule has 0 spiro atoms. The number of hydrogen-bond acceptors (Lipinski definition) is 2. The van der Waals surface area contributed by atoms with Crippen molar-refractivity contribution >= 4 is 26.9 Å². The zero-order valence-electron chi connectivity index (χ0n) is 12.4. The number of para-hydroxylation sites is 1. The first-order chi connectivity index (χ1) is 9.76. The van der Waals surface area contributed by atoms with Crippen molar-refractivity contribution < 1.29 is 4.42 Å². The minimum absolute atomic E-state index is 0.330. The standard InChI is InChI=1S/C17H24BrNO/c1-3-5-6-7-11-15(19-4-2)16-12-13-9-8-10-14(18)17(13)20-16/h8-10,12,15,19H,3-7,11H2,1-2H3. The van der Waals surface area contributed by atoms with Crippen molar-refractivity contribution in [1.82, 2.24) is 5.32 Å². The zero-order chi connectivity index (χ0) is 14.4. The lowest BCUT2D eigenvalue weighted by Crippen LogP contribution is -2.20. The van der Waals surface area contributed by atoms with Crippen LogP contribution in [0, 0.1) is 0 Å². The Morgan fingerprint density at radius 2 is 2.05 bits per heavy atom. The lowest BCUT2D eigenvalue weighted by atomic mass is 10.0. The fourth-order valence-corrected chi connectivity index (χ4v) is 3.05. The van der Waals surface area contributed by atoms with Crippen LogP contribution in [0.5, 0.6) is 0 Å². The maximum absolute atomic E-state index is 6.06. The van der Waals surface area contributed by atoms with E-state index in [2.05, 4.69) is 53.3 Å². The van der Waals surface area contributed by atoms with Gasteiger partial charge < -0.3 is 9.73 Å². The summed E-state index contributed by atoms with van der Waals surface area (Å²) in [6.07, 6.45) is 6.31. The van der Waals surface area contributed by atoms with E-state index in [0.717, 1.165) is 28.8 Å². The van der Waals surface area contributed by atoms with Crippen LogP contribution in [-0.4, -0.2) is 6.54 Å². The molecule has 2 rings (SSSR count). The number of hydrogen-bond donors (Lipinski definition) is 1. The summed E-state index contributed by atoms with van der Waals surface area (Å²) in [5.74, 6) is 1.06. The van der Waals surface area contributed by atoms with Crippen LogP contribution >= 0.6 is 15.9 Å². The van der Waals surface area contributed by atoms with Crippen molar-refractivity contribution in [2.24, 2.45) is 0 Å². The molecule has 0 fully saturated rings. The van der Waals surface area contributed by atoms with Crippen LogP contribution < -0.4 is 5.32 Å². The molecule has 1 atom stereocenters. The van der Waals surface area contributed by atoms with Crippen molar-refractivity contribution in [2.45, 2.75) is 52.0 Å². The molecule has 1 heterocycles. The predicted molar refractivity (Wildman–Crippen MR) is 89.1 cm³/mol. The molecule has 0 bridgehead atoms. The van der Waals surface area contributed by atoms with Gasteiger partial charge in [0.1, 0.15) is 11.3 Å². The quantitative estimate of drug-likeness (QED) is 0.614. The van der Waals surface area contributed by atoms with Crippen LogP contribution in [0.3, 0.4) is 0 Å². The second-order valence-electron chi connectivity index (χ2n) is 5.27. The second-order valence-corrected chi connectivity index (χ2v) is 6.12. The Kier molecular flexibility index (Phi) is 6.11. The fourth-order valence-electron chi connectivity index (χ4n) is 2.59. The van der Waals surface area contributed by atoms with E-state index >= 15 is 0 Å². The Labute approximate surface area is 130 Å². The van der Waals surface area contributed by atoms with Crippen LogP contribution in [0.15, 0.2) is 33.2 Å². The predicted octanol–water partition coefficient (Wildman–Crippen LogP) is 5.82. The largest absolute Gasteiger partial charge is 0.458 e. The Balaban J connectivity index is 2.12. The molecular weight excluding hydrogens is 314 g/mol. The normalized spacial score (nSPS) is 12.9. The summed E-state index contributed by atoms with van der Waals surface area (Å²) in [4.78, 5) is 0. The van der Waals surface area contributed by atoms with Gasteiger partial charge in [0.25, 0.3) is 0 Å². The van der Waals surface area contributed by atoms with Gasteiger partial charge in [-0.25, -0.2) is 0 Å². The van der Waals surface area contributed by atoms with Crippen LogP contribution in [0.25, 0.3) is 11.0 Å². The maximum Gasteiger partial charge on any atom is 0.148 e. The lowest BCUT2D eigenvalue weighted by Gasteiger charge is -2.15. The summed E-state index contributed by atoms with van der Waals surface area (Å²) in [5, 5.41) is 4.72. The molecule has 0 aliphatic heterocycles. The summed E-state index contributed by atoms with van der Waals surface area (Å²) in [5.41, 5.74) is 0.957. The summed E-state index contributed by atoms with van der Waals surface area (Å²) in [7, 11) is 0. The van der Waals surface area contributed by atoms with Crippen molar-refractivity contribution in [3.05, 3.63) is 34.5 Å². The Morgan fingerprint density at radius 3 is 2.75 bits per heavy atom. The second kappa shape index (κ2) is 7.84. The van der Waals surface area contributed by atoms with Crippen molar-refractivity contribution in [3.8, 4) is 0 Å². The fraction of sp³-hybridized carbons (Fsp3) is 0.529. The maximum atomic E-state index is 6.06. The van der Waals surface area contributed by atoms with E-state index in [0.29, 0.717) is 6.04 Å². The smallest absolute Gasteiger partial charge is 0.148 e.